The zero-order chi connectivity index (χ0) is 11.4. The molecule has 0 unspecified atom stereocenters. The van der Waals surface area contributed by atoms with Crippen LogP contribution in [0.5, 0.6) is 0 Å². The quantitative estimate of drug-likeness (QED) is 0.549. The number of carbonyl (C=O) groups excluding carboxylic acids is 1. The summed E-state index contributed by atoms with van der Waals surface area (Å²) in [4.78, 5) is 10.7. The van der Waals surface area contributed by atoms with Crippen LogP contribution in [0, 0.1) is 0 Å². The van der Waals surface area contributed by atoms with E-state index in [0.29, 0.717) is 6.54 Å². The third kappa shape index (κ3) is 11.4. The molecule has 0 rings (SSSR count). The lowest BCUT2D eigenvalue weighted by Crippen LogP contribution is -2.26. The van der Waals surface area contributed by atoms with Crippen molar-refractivity contribution in [3.05, 3.63) is 0 Å². The van der Waals surface area contributed by atoms with Gasteiger partial charge in [-0.15, -0.1) is 0 Å². The van der Waals surface area contributed by atoms with E-state index in [2.05, 4.69) is 12.2 Å². The van der Waals surface area contributed by atoms with Gasteiger partial charge in [0.25, 0.3) is 0 Å². The van der Waals surface area contributed by atoms with Crippen LogP contribution in [0.1, 0.15) is 58.3 Å². The largest absolute Gasteiger partial charge is 0.387 e. The Morgan fingerprint density at radius 1 is 1.00 bits per heavy atom. The Kier molecular flexibility index (Phi) is 11.1. The standard InChI is InChI=1S/C12H25NO2/c1-2-3-4-5-6-7-8-9-10-13-12(15)11-14/h14H,2-11H2,1H3,(H,13,15). The smallest absolute Gasteiger partial charge is 0.245 e. The second kappa shape index (κ2) is 11.5. The van der Waals surface area contributed by atoms with Gasteiger partial charge in [0.1, 0.15) is 6.61 Å². The Hall–Kier alpha value is -0.570. The first kappa shape index (κ1) is 14.4. The van der Waals surface area contributed by atoms with Gasteiger partial charge in [0.15, 0.2) is 0 Å². The predicted molar refractivity (Wildman–Crippen MR) is 62.7 cm³/mol. The number of hydrogen-bond donors (Lipinski definition) is 2. The predicted octanol–water partition coefficient (Wildman–Crippen LogP) is 2.24. The van der Waals surface area contributed by atoms with Gasteiger partial charge in [-0.25, -0.2) is 0 Å². The fourth-order valence-electron chi connectivity index (χ4n) is 1.54. The summed E-state index contributed by atoms with van der Waals surface area (Å²) in [6.45, 7) is 2.54. The summed E-state index contributed by atoms with van der Waals surface area (Å²) in [6, 6.07) is 0. The zero-order valence-electron chi connectivity index (χ0n) is 9.93. The van der Waals surface area contributed by atoms with Gasteiger partial charge in [0.05, 0.1) is 0 Å². The van der Waals surface area contributed by atoms with E-state index in [1.807, 2.05) is 0 Å². The van der Waals surface area contributed by atoms with Crippen LogP contribution in [-0.2, 0) is 4.79 Å². The molecule has 0 aliphatic rings. The number of amides is 1. The number of aliphatic hydroxyl groups excluding tert-OH is 1. The third-order valence-corrected chi connectivity index (χ3v) is 2.50. The molecule has 0 saturated carbocycles. The van der Waals surface area contributed by atoms with E-state index in [4.69, 9.17) is 5.11 Å². The van der Waals surface area contributed by atoms with Crippen molar-refractivity contribution in [3.8, 4) is 0 Å². The maximum atomic E-state index is 10.7. The number of rotatable bonds is 10. The molecule has 0 fully saturated rings. The summed E-state index contributed by atoms with van der Waals surface area (Å²) >= 11 is 0. The average Bonchev–Trinajstić information content (AvgIpc) is 2.26. The molecule has 0 aliphatic carbocycles. The van der Waals surface area contributed by atoms with E-state index in [-0.39, 0.29) is 5.91 Å². The monoisotopic (exact) mass is 215 g/mol. The van der Waals surface area contributed by atoms with Crippen molar-refractivity contribution in [3.63, 3.8) is 0 Å². The van der Waals surface area contributed by atoms with Crippen molar-refractivity contribution in [1.82, 2.24) is 5.32 Å². The van der Waals surface area contributed by atoms with E-state index in [0.717, 1.165) is 6.42 Å². The van der Waals surface area contributed by atoms with Crippen LogP contribution in [0.3, 0.4) is 0 Å². The summed E-state index contributed by atoms with van der Waals surface area (Å²) in [6.07, 6.45) is 10.1. The maximum Gasteiger partial charge on any atom is 0.245 e. The number of carbonyl (C=O) groups is 1. The van der Waals surface area contributed by atoms with Crippen molar-refractivity contribution >= 4 is 5.91 Å². The van der Waals surface area contributed by atoms with Crippen molar-refractivity contribution in [2.45, 2.75) is 58.3 Å². The maximum absolute atomic E-state index is 10.7. The van der Waals surface area contributed by atoms with Crippen molar-refractivity contribution in [2.75, 3.05) is 13.2 Å². The van der Waals surface area contributed by atoms with Gasteiger partial charge in [0.2, 0.25) is 5.91 Å². The van der Waals surface area contributed by atoms with E-state index in [1.54, 1.807) is 0 Å². The Morgan fingerprint density at radius 3 is 2.07 bits per heavy atom. The first-order valence-corrected chi connectivity index (χ1v) is 6.18. The molecule has 3 heteroatoms. The fraction of sp³-hybridized carbons (Fsp3) is 0.917. The molecule has 0 heterocycles. The molecule has 0 aromatic carbocycles. The van der Waals surface area contributed by atoms with Crippen molar-refractivity contribution < 1.29 is 9.90 Å². The number of unbranched alkanes of at least 4 members (excludes halogenated alkanes) is 7. The Balaban J connectivity index is 2.95. The first-order valence-electron chi connectivity index (χ1n) is 6.18. The molecule has 2 N–H and O–H groups in total. The summed E-state index contributed by atoms with van der Waals surface area (Å²) in [5.74, 6) is -0.266. The van der Waals surface area contributed by atoms with Crippen LogP contribution < -0.4 is 5.32 Å². The van der Waals surface area contributed by atoms with Gasteiger partial charge in [0, 0.05) is 6.54 Å². The molecule has 90 valence electrons. The second-order valence-corrected chi connectivity index (χ2v) is 3.98. The van der Waals surface area contributed by atoms with Gasteiger partial charge in [-0.05, 0) is 6.42 Å². The van der Waals surface area contributed by atoms with E-state index in [1.165, 1.54) is 44.9 Å². The lowest BCUT2D eigenvalue weighted by molar-refractivity contribution is -0.123. The van der Waals surface area contributed by atoms with Gasteiger partial charge in [-0.2, -0.15) is 0 Å². The first-order chi connectivity index (χ1) is 7.31. The molecule has 0 aliphatic heterocycles. The van der Waals surface area contributed by atoms with Gasteiger partial charge in [-0.1, -0.05) is 51.9 Å². The van der Waals surface area contributed by atoms with E-state index in [9.17, 15) is 4.79 Å². The minimum Gasteiger partial charge on any atom is -0.387 e. The topological polar surface area (TPSA) is 49.3 Å². The lowest BCUT2D eigenvalue weighted by atomic mass is 10.1. The van der Waals surface area contributed by atoms with Crippen LogP contribution in [0.25, 0.3) is 0 Å². The minimum absolute atomic E-state index is 0.266. The fourth-order valence-corrected chi connectivity index (χ4v) is 1.54. The normalized spacial score (nSPS) is 10.3. The molecular weight excluding hydrogens is 190 g/mol. The van der Waals surface area contributed by atoms with Crippen LogP contribution in [0.4, 0.5) is 0 Å². The number of aliphatic hydroxyl groups is 1. The highest BCUT2D eigenvalue weighted by atomic mass is 16.3. The molecule has 0 aromatic heterocycles. The van der Waals surface area contributed by atoms with Crippen molar-refractivity contribution in [1.29, 1.82) is 0 Å². The zero-order valence-corrected chi connectivity index (χ0v) is 9.93. The molecule has 15 heavy (non-hydrogen) atoms. The molecule has 0 radical (unpaired) electrons. The highest BCUT2D eigenvalue weighted by Crippen LogP contribution is 2.07. The Bertz CT molecular complexity index is 149. The van der Waals surface area contributed by atoms with Crippen LogP contribution in [0.15, 0.2) is 0 Å². The van der Waals surface area contributed by atoms with Gasteiger partial charge < -0.3 is 10.4 Å². The average molecular weight is 215 g/mol. The summed E-state index contributed by atoms with van der Waals surface area (Å²) in [5, 5.41) is 11.1. The molecule has 0 saturated heterocycles. The molecule has 0 aromatic rings. The summed E-state index contributed by atoms with van der Waals surface area (Å²) in [5.41, 5.74) is 0. The molecule has 0 bridgehead atoms. The van der Waals surface area contributed by atoms with Crippen LogP contribution in [0.2, 0.25) is 0 Å². The minimum atomic E-state index is -0.392. The van der Waals surface area contributed by atoms with Crippen molar-refractivity contribution in [2.24, 2.45) is 0 Å². The SMILES string of the molecule is CCCCCCCCCCNC(=O)CO. The molecular formula is C12H25NO2. The number of nitrogens with one attached hydrogen (secondary N) is 1. The second-order valence-electron chi connectivity index (χ2n) is 3.98. The molecule has 3 nitrogen and oxygen atoms in total. The Labute approximate surface area is 93.3 Å². The molecule has 0 spiro atoms. The highest BCUT2D eigenvalue weighted by Gasteiger charge is 1.96. The Morgan fingerprint density at radius 2 is 1.53 bits per heavy atom. The van der Waals surface area contributed by atoms with Gasteiger partial charge >= 0.3 is 0 Å². The molecule has 0 atom stereocenters. The summed E-state index contributed by atoms with van der Waals surface area (Å²) < 4.78 is 0. The third-order valence-electron chi connectivity index (χ3n) is 2.50. The van der Waals surface area contributed by atoms with Crippen LogP contribution >= 0.6 is 0 Å². The summed E-state index contributed by atoms with van der Waals surface area (Å²) in [7, 11) is 0. The van der Waals surface area contributed by atoms with Crippen LogP contribution in [-0.4, -0.2) is 24.2 Å². The lowest BCUT2D eigenvalue weighted by Gasteiger charge is -2.03. The highest BCUT2D eigenvalue weighted by molar-refractivity contribution is 5.76. The van der Waals surface area contributed by atoms with E-state index < -0.39 is 6.61 Å². The van der Waals surface area contributed by atoms with Gasteiger partial charge in [-0.3, -0.25) is 4.79 Å². The number of hydrogen-bond acceptors (Lipinski definition) is 2. The molecule has 1 amide bonds. The van der Waals surface area contributed by atoms with E-state index >= 15 is 0 Å².